The van der Waals surface area contributed by atoms with Crippen LogP contribution in [0.5, 0.6) is 0 Å². The Morgan fingerprint density at radius 2 is 2.00 bits per heavy atom. The molecule has 3 N–H and O–H groups in total. The highest BCUT2D eigenvalue weighted by Gasteiger charge is 2.51. The van der Waals surface area contributed by atoms with Crippen LogP contribution in [0.15, 0.2) is 18.2 Å². The quantitative estimate of drug-likeness (QED) is 0.753. The van der Waals surface area contributed by atoms with Crippen LogP contribution in [-0.2, 0) is 22.7 Å². The molecule has 0 radical (unpaired) electrons. The van der Waals surface area contributed by atoms with Crippen molar-refractivity contribution in [3.63, 3.8) is 0 Å². The van der Waals surface area contributed by atoms with E-state index in [9.17, 15) is 14.4 Å². The van der Waals surface area contributed by atoms with Crippen molar-refractivity contribution in [2.75, 3.05) is 6.54 Å². The molecule has 5 rings (SSSR count). The molecule has 4 unspecified atom stereocenters. The van der Waals surface area contributed by atoms with Crippen LogP contribution in [0, 0.1) is 5.92 Å². The van der Waals surface area contributed by atoms with E-state index in [0.29, 0.717) is 24.9 Å². The molecule has 1 aromatic carbocycles. The lowest BCUT2D eigenvalue weighted by molar-refractivity contribution is -0.136. The number of nitrogens with one attached hydrogen (secondary N) is 1. The van der Waals surface area contributed by atoms with Crippen LogP contribution in [0.4, 0.5) is 0 Å². The zero-order valence-corrected chi connectivity index (χ0v) is 15.9. The van der Waals surface area contributed by atoms with Gasteiger partial charge < -0.3 is 10.6 Å². The van der Waals surface area contributed by atoms with Crippen molar-refractivity contribution >= 4 is 17.7 Å². The van der Waals surface area contributed by atoms with Gasteiger partial charge in [0.1, 0.15) is 6.04 Å². The Balaban J connectivity index is 1.38. The highest BCUT2D eigenvalue weighted by molar-refractivity contribution is 6.05. The van der Waals surface area contributed by atoms with E-state index in [2.05, 4.69) is 10.2 Å². The number of hydrogen-bond acceptors (Lipinski definition) is 5. The minimum absolute atomic E-state index is 0.0911. The Morgan fingerprint density at radius 1 is 1.14 bits per heavy atom. The number of carbonyl (C=O) groups excluding carboxylic acids is 3. The van der Waals surface area contributed by atoms with Gasteiger partial charge in [0.05, 0.1) is 0 Å². The number of likely N-dealkylation sites (tertiary alicyclic amines) is 1. The zero-order valence-electron chi connectivity index (χ0n) is 15.9. The Hall–Kier alpha value is -2.25. The van der Waals surface area contributed by atoms with Gasteiger partial charge in [-0.3, -0.25) is 24.6 Å². The van der Waals surface area contributed by atoms with Gasteiger partial charge in [-0.1, -0.05) is 24.6 Å². The summed E-state index contributed by atoms with van der Waals surface area (Å²) in [5.41, 5.74) is 9.02. The predicted molar refractivity (Wildman–Crippen MR) is 102 cm³/mol. The zero-order chi connectivity index (χ0) is 19.4. The number of hydrogen-bond donors (Lipinski definition) is 2. The SMILES string of the molecule is NC1C2CCCCN(Cc3cccc4c3C(=O)N(C3CCC(=O)NC3=O)C4)C12. The average Bonchev–Trinajstić information content (AvgIpc) is 3.25. The molecule has 7 heteroatoms. The Kier molecular flexibility index (Phi) is 4.25. The van der Waals surface area contributed by atoms with Gasteiger partial charge in [0.25, 0.3) is 5.91 Å². The third-order valence-corrected chi connectivity index (χ3v) is 6.85. The summed E-state index contributed by atoms with van der Waals surface area (Å²) in [5, 5.41) is 2.36. The minimum atomic E-state index is -0.565. The van der Waals surface area contributed by atoms with Crippen LogP contribution >= 0.6 is 0 Å². The van der Waals surface area contributed by atoms with Gasteiger partial charge in [0.2, 0.25) is 11.8 Å². The maximum atomic E-state index is 13.2. The second kappa shape index (κ2) is 6.67. The number of nitrogens with zero attached hydrogens (tertiary/aromatic N) is 2. The molecule has 4 aliphatic rings. The first-order valence-electron chi connectivity index (χ1n) is 10.3. The molecule has 28 heavy (non-hydrogen) atoms. The third kappa shape index (κ3) is 2.84. The summed E-state index contributed by atoms with van der Waals surface area (Å²) in [5.74, 6) is -0.123. The van der Waals surface area contributed by atoms with E-state index in [-0.39, 0.29) is 30.2 Å². The summed E-state index contributed by atoms with van der Waals surface area (Å²) in [6.45, 7) is 2.18. The lowest BCUT2D eigenvalue weighted by atomic mass is 10.0. The average molecular weight is 382 g/mol. The summed E-state index contributed by atoms with van der Waals surface area (Å²) in [6, 6.07) is 6.12. The van der Waals surface area contributed by atoms with Gasteiger partial charge in [-0.05, 0) is 42.9 Å². The van der Waals surface area contributed by atoms with Crippen molar-refractivity contribution < 1.29 is 14.4 Å². The molecule has 3 fully saturated rings. The predicted octanol–water partition coefficient (Wildman–Crippen LogP) is 0.759. The molecule has 1 aromatic rings. The van der Waals surface area contributed by atoms with Crippen LogP contribution in [0.2, 0.25) is 0 Å². The van der Waals surface area contributed by atoms with Crippen molar-refractivity contribution in [2.45, 2.75) is 63.3 Å². The first-order chi connectivity index (χ1) is 13.5. The van der Waals surface area contributed by atoms with Crippen molar-refractivity contribution in [3.8, 4) is 0 Å². The smallest absolute Gasteiger partial charge is 0.255 e. The van der Waals surface area contributed by atoms with E-state index < -0.39 is 6.04 Å². The van der Waals surface area contributed by atoms with Gasteiger partial charge in [0.15, 0.2) is 0 Å². The van der Waals surface area contributed by atoms with Gasteiger partial charge in [0, 0.05) is 37.2 Å². The molecule has 7 nitrogen and oxygen atoms in total. The van der Waals surface area contributed by atoms with E-state index in [4.69, 9.17) is 5.73 Å². The van der Waals surface area contributed by atoms with Crippen LogP contribution in [0.3, 0.4) is 0 Å². The highest BCUT2D eigenvalue weighted by atomic mass is 16.2. The van der Waals surface area contributed by atoms with Crippen LogP contribution in [0.25, 0.3) is 0 Å². The van der Waals surface area contributed by atoms with Crippen LogP contribution in [0.1, 0.15) is 53.6 Å². The third-order valence-electron chi connectivity index (χ3n) is 6.85. The van der Waals surface area contributed by atoms with E-state index in [0.717, 1.165) is 29.8 Å². The molecular weight excluding hydrogens is 356 g/mol. The minimum Gasteiger partial charge on any atom is -0.326 e. The summed E-state index contributed by atoms with van der Waals surface area (Å²) in [4.78, 5) is 41.0. The molecule has 1 saturated carbocycles. The number of imide groups is 1. The van der Waals surface area contributed by atoms with Crippen LogP contribution in [-0.4, -0.2) is 52.2 Å². The topological polar surface area (TPSA) is 95.7 Å². The number of carbonyl (C=O) groups is 3. The number of piperidine rings is 1. The lowest BCUT2D eigenvalue weighted by Crippen LogP contribution is -2.52. The molecule has 148 valence electrons. The molecule has 4 atom stereocenters. The van der Waals surface area contributed by atoms with Gasteiger partial charge in [-0.2, -0.15) is 0 Å². The molecule has 0 spiro atoms. The normalized spacial score (nSPS) is 32.6. The Morgan fingerprint density at radius 3 is 2.82 bits per heavy atom. The number of benzene rings is 1. The van der Waals surface area contributed by atoms with Crippen molar-refractivity contribution in [1.29, 1.82) is 0 Å². The fraction of sp³-hybridized carbons (Fsp3) is 0.571. The van der Waals surface area contributed by atoms with E-state index in [1.165, 1.54) is 19.3 Å². The monoisotopic (exact) mass is 382 g/mol. The molecule has 0 aromatic heterocycles. The van der Waals surface area contributed by atoms with Gasteiger partial charge in [-0.15, -0.1) is 0 Å². The summed E-state index contributed by atoms with van der Waals surface area (Å²) in [6.07, 6.45) is 4.27. The molecular formula is C21H26N4O3. The van der Waals surface area contributed by atoms with Crippen molar-refractivity contribution in [2.24, 2.45) is 11.7 Å². The fourth-order valence-electron chi connectivity index (χ4n) is 5.33. The molecule has 1 aliphatic carbocycles. The Bertz CT molecular complexity index is 854. The number of amides is 3. The molecule has 3 heterocycles. The largest absolute Gasteiger partial charge is 0.326 e. The first-order valence-corrected chi connectivity index (χ1v) is 10.3. The number of rotatable bonds is 3. The standard InChI is InChI=1S/C21H26N4O3/c22-18-14-6-1-2-9-24(19(14)18)10-12-4-3-5-13-11-25(21(28)17(12)13)15-7-8-16(26)23-20(15)27/h3-5,14-15,18-19H,1-2,6-11,22H2,(H,23,26,27). The summed E-state index contributed by atoms with van der Waals surface area (Å²) < 4.78 is 0. The highest BCUT2D eigenvalue weighted by Crippen LogP contribution is 2.42. The number of nitrogens with two attached hydrogens (primary N) is 1. The Labute approximate surface area is 164 Å². The van der Waals surface area contributed by atoms with Gasteiger partial charge in [-0.25, -0.2) is 0 Å². The van der Waals surface area contributed by atoms with E-state index in [1.54, 1.807) is 4.90 Å². The maximum Gasteiger partial charge on any atom is 0.255 e. The summed E-state index contributed by atoms with van der Waals surface area (Å²) >= 11 is 0. The lowest BCUT2D eigenvalue weighted by Gasteiger charge is -2.29. The second-order valence-corrected chi connectivity index (χ2v) is 8.55. The van der Waals surface area contributed by atoms with Crippen LogP contribution < -0.4 is 11.1 Å². The molecule has 3 aliphatic heterocycles. The maximum absolute atomic E-state index is 13.2. The van der Waals surface area contributed by atoms with Crippen molar-refractivity contribution in [1.82, 2.24) is 15.1 Å². The molecule has 2 saturated heterocycles. The molecule has 3 amide bonds. The second-order valence-electron chi connectivity index (χ2n) is 8.55. The fourth-order valence-corrected chi connectivity index (χ4v) is 5.33. The van der Waals surface area contributed by atoms with E-state index in [1.807, 2.05) is 18.2 Å². The van der Waals surface area contributed by atoms with Crippen molar-refractivity contribution in [3.05, 3.63) is 34.9 Å². The number of fused-ring (bicyclic) bond motifs is 2. The molecule has 0 bridgehead atoms. The van der Waals surface area contributed by atoms with Gasteiger partial charge >= 0.3 is 0 Å². The van der Waals surface area contributed by atoms with E-state index >= 15 is 0 Å². The summed E-state index contributed by atoms with van der Waals surface area (Å²) in [7, 11) is 0. The first kappa shape index (κ1) is 17.8.